The lowest BCUT2D eigenvalue weighted by atomic mass is 10.1. The molecule has 0 radical (unpaired) electrons. The van der Waals surface area contributed by atoms with Crippen LogP contribution in [0.4, 0.5) is 11.4 Å². The number of hydrogen-bond acceptors (Lipinski definition) is 3. The molecule has 5 nitrogen and oxygen atoms in total. The lowest BCUT2D eigenvalue weighted by Crippen LogP contribution is -2.22. The number of aryl methyl sites for hydroxylation is 2. The normalized spacial score (nSPS) is 9.78. The van der Waals surface area contributed by atoms with E-state index < -0.39 is 11.8 Å². The van der Waals surface area contributed by atoms with Crippen molar-refractivity contribution >= 4 is 23.2 Å². The molecule has 0 aliphatic rings. The molecule has 2 aromatic rings. The third-order valence-corrected chi connectivity index (χ3v) is 3.31. The van der Waals surface area contributed by atoms with E-state index in [1.807, 2.05) is 38.1 Å². The second kappa shape index (κ2) is 7.23. The Kier molecular flexibility index (Phi) is 5.11. The Labute approximate surface area is 134 Å². The van der Waals surface area contributed by atoms with Gasteiger partial charge in [-0.3, -0.25) is 9.59 Å². The molecule has 2 aromatic carbocycles. The van der Waals surface area contributed by atoms with Gasteiger partial charge in [0.1, 0.15) is 12.5 Å². The van der Waals surface area contributed by atoms with Gasteiger partial charge in [0.05, 0.1) is 11.3 Å². The van der Waals surface area contributed by atoms with Crippen molar-refractivity contribution in [3.8, 4) is 6.07 Å². The smallest absolute Gasteiger partial charge is 0.233 e. The first kappa shape index (κ1) is 16.2. The van der Waals surface area contributed by atoms with Crippen LogP contribution in [0.25, 0.3) is 0 Å². The number of nitriles is 1. The molecule has 0 fully saturated rings. The minimum absolute atomic E-state index is 0.312. The molecule has 0 bridgehead atoms. The van der Waals surface area contributed by atoms with Gasteiger partial charge in [-0.15, -0.1) is 0 Å². The van der Waals surface area contributed by atoms with E-state index in [2.05, 4.69) is 10.6 Å². The van der Waals surface area contributed by atoms with Crippen molar-refractivity contribution in [3.63, 3.8) is 0 Å². The number of nitrogens with zero attached hydrogens (tertiary/aromatic N) is 1. The van der Waals surface area contributed by atoms with Gasteiger partial charge in [-0.05, 0) is 43.2 Å². The zero-order valence-electron chi connectivity index (χ0n) is 13.0. The van der Waals surface area contributed by atoms with Crippen LogP contribution in [-0.2, 0) is 9.59 Å². The molecular formula is C18H17N3O2. The van der Waals surface area contributed by atoms with Crippen LogP contribution >= 0.6 is 0 Å². The SMILES string of the molecule is Cc1ccc(C)c(NC(=O)CC(=O)Nc2ccccc2C#N)c1. The van der Waals surface area contributed by atoms with Crippen LogP contribution in [0.5, 0.6) is 0 Å². The van der Waals surface area contributed by atoms with Crippen molar-refractivity contribution < 1.29 is 9.59 Å². The Hall–Kier alpha value is -3.13. The molecule has 0 aliphatic carbocycles. The molecule has 2 amide bonds. The first-order valence-corrected chi connectivity index (χ1v) is 7.15. The highest BCUT2D eigenvalue weighted by Gasteiger charge is 2.12. The Morgan fingerprint density at radius 1 is 1.00 bits per heavy atom. The lowest BCUT2D eigenvalue weighted by Gasteiger charge is -2.10. The predicted molar refractivity (Wildman–Crippen MR) is 88.9 cm³/mol. The maximum atomic E-state index is 12.0. The number of nitrogens with one attached hydrogen (secondary N) is 2. The average molecular weight is 307 g/mol. The van der Waals surface area contributed by atoms with Gasteiger partial charge in [0, 0.05) is 5.69 Å². The van der Waals surface area contributed by atoms with Crippen LogP contribution in [0.15, 0.2) is 42.5 Å². The van der Waals surface area contributed by atoms with E-state index in [1.165, 1.54) is 0 Å². The van der Waals surface area contributed by atoms with Crippen molar-refractivity contribution in [2.75, 3.05) is 10.6 Å². The minimum atomic E-state index is -0.462. The Balaban J connectivity index is 1.99. The Bertz CT molecular complexity index is 791. The second-order valence-corrected chi connectivity index (χ2v) is 5.25. The van der Waals surface area contributed by atoms with E-state index in [1.54, 1.807) is 24.3 Å². The van der Waals surface area contributed by atoms with Crippen LogP contribution in [-0.4, -0.2) is 11.8 Å². The van der Waals surface area contributed by atoms with Gasteiger partial charge in [0.25, 0.3) is 0 Å². The van der Waals surface area contributed by atoms with E-state index >= 15 is 0 Å². The molecule has 0 spiro atoms. The highest BCUT2D eigenvalue weighted by atomic mass is 16.2. The van der Waals surface area contributed by atoms with Crippen LogP contribution < -0.4 is 10.6 Å². The average Bonchev–Trinajstić information content (AvgIpc) is 2.51. The monoisotopic (exact) mass is 307 g/mol. The molecule has 2 rings (SSSR count). The summed E-state index contributed by atoms with van der Waals surface area (Å²) in [6.07, 6.45) is -0.312. The fraction of sp³-hybridized carbons (Fsp3) is 0.167. The summed E-state index contributed by atoms with van der Waals surface area (Å²) in [6.45, 7) is 3.82. The fourth-order valence-electron chi connectivity index (χ4n) is 2.09. The number of benzene rings is 2. The van der Waals surface area contributed by atoms with Gasteiger partial charge >= 0.3 is 0 Å². The molecular weight excluding hydrogens is 290 g/mol. The second-order valence-electron chi connectivity index (χ2n) is 5.25. The number of amides is 2. The topological polar surface area (TPSA) is 82.0 Å². The number of carbonyl (C=O) groups excluding carboxylic acids is 2. The zero-order chi connectivity index (χ0) is 16.8. The lowest BCUT2D eigenvalue weighted by molar-refractivity contribution is -0.123. The molecule has 0 saturated heterocycles. The highest BCUT2D eigenvalue weighted by Crippen LogP contribution is 2.17. The van der Waals surface area contributed by atoms with Gasteiger partial charge in [-0.1, -0.05) is 24.3 Å². The summed E-state index contributed by atoms with van der Waals surface area (Å²) in [7, 11) is 0. The molecule has 5 heteroatoms. The Morgan fingerprint density at radius 3 is 2.35 bits per heavy atom. The summed E-state index contributed by atoms with van der Waals surface area (Å²) in [5.74, 6) is -0.860. The third-order valence-electron chi connectivity index (χ3n) is 3.31. The zero-order valence-corrected chi connectivity index (χ0v) is 13.0. The number of carbonyl (C=O) groups is 2. The summed E-state index contributed by atoms with van der Waals surface area (Å²) >= 11 is 0. The standard InChI is InChI=1S/C18H17N3O2/c1-12-7-8-13(2)16(9-12)21-18(23)10-17(22)20-15-6-4-3-5-14(15)11-19/h3-9H,10H2,1-2H3,(H,20,22)(H,21,23). The van der Waals surface area contributed by atoms with Crippen LogP contribution in [0.2, 0.25) is 0 Å². The Morgan fingerprint density at radius 2 is 1.65 bits per heavy atom. The maximum Gasteiger partial charge on any atom is 0.233 e. The first-order valence-electron chi connectivity index (χ1n) is 7.15. The number of anilines is 2. The van der Waals surface area contributed by atoms with Gasteiger partial charge in [-0.2, -0.15) is 5.26 Å². The van der Waals surface area contributed by atoms with Crippen molar-refractivity contribution in [1.82, 2.24) is 0 Å². The van der Waals surface area contributed by atoms with E-state index in [0.29, 0.717) is 16.9 Å². The van der Waals surface area contributed by atoms with Crippen LogP contribution in [0.3, 0.4) is 0 Å². The molecule has 2 N–H and O–H groups in total. The predicted octanol–water partition coefficient (Wildman–Crippen LogP) is 3.14. The van der Waals surface area contributed by atoms with Crippen molar-refractivity contribution in [2.24, 2.45) is 0 Å². The molecule has 116 valence electrons. The van der Waals surface area contributed by atoms with E-state index in [4.69, 9.17) is 5.26 Å². The number of hydrogen-bond donors (Lipinski definition) is 2. The summed E-state index contributed by atoms with van der Waals surface area (Å²) < 4.78 is 0. The summed E-state index contributed by atoms with van der Waals surface area (Å²) in [5, 5.41) is 14.3. The molecule has 0 atom stereocenters. The molecule has 0 aromatic heterocycles. The van der Waals surface area contributed by atoms with E-state index in [0.717, 1.165) is 11.1 Å². The maximum absolute atomic E-state index is 12.0. The van der Waals surface area contributed by atoms with E-state index in [9.17, 15) is 9.59 Å². The fourth-order valence-corrected chi connectivity index (χ4v) is 2.09. The van der Waals surface area contributed by atoms with Crippen LogP contribution in [0.1, 0.15) is 23.1 Å². The number of rotatable bonds is 4. The minimum Gasteiger partial charge on any atom is -0.325 e. The molecule has 0 unspecified atom stereocenters. The van der Waals surface area contributed by atoms with Gasteiger partial charge < -0.3 is 10.6 Å². The third kappa shape index (κ3) is 4.42. The summed E-state index contributed by atoms with van der Waals surface area (Å²) in [5.41, 5.74) is 3.41. The number of para-hydroxylation sites is 1. The molecule has 0 aliphatic heterocycles. The molecule has 23 heavy (non-hydrogen) atoms. The first-order chi connectivity index (χ1) is 11.0. The van der Waals surface area contributed by atoms with Gasteiger partial charge in [0.2, 0.25) is 11.8 Å². The van der Waals surface area contributed by atoms with Crippen molar-refractivity contribution in [1.29, 1.82) is 5.26 Å². The summed E-state index contributed by atoms with van der Waals surface area (Å²) in [4.78, 5) is 23.9. The van der Waals surface area contributed by atoms with Crippen LogP contribution in [0, 0.1) is 25.2 Å². The summed E-state index contributed by atoms with van der Waals surface area (Å²) in [6, 6.07) is 14.4. The molecule has 0 saturated carbocycles. The quantitative estimate of drug-likeness (QED) is 0.851. The largest absolute Gasteiger partial charge is 0.325 e. The van der Waals surface area contributed by atoms with E-state index in [-0.39, 0.29) is 6.42 Å². The molecule has 0 heterocycles. The van der Waals surface area contributed by atoms with Gasteiger partial charge in [-0.25, -0.2) is 0 Å². The van der Waals surface area contributed by atoms with Crippen molar-refractivity contribution in [2.45, 2.75) is 20.3 Å². The van der Waals surface area contributed by atoms with Gasteiger partial charge in [0.15, 0.2) is 0 Å². The highest BCUT2D eigenvalue weighted by molar-refractivity contribution is 6.08. The van der Waals surface area contributed by atoms with Crippen molar-refractivity contribution in [3.05, 3.63) is 59.2 Å².